The molecule has 35 heavy (non-hydrogen) atoms. The van der Waals surface area contributed by atoms with E-state index in [1.165, 1.54) is 32.3 Å². The van der Waals surface area contributed by atoms with Crippen LogP contribution in [0.25, 0.3) is 21.2 Å². The van der Waals surface area contributed by atoms with Gasteiger partial charge in [0.25, 0.3) is 0 Å². The molecule has 2 heterocycles. The van der Waals surface area contributed by atoms with Crippen LogP contribution in [0, 0.1) is 25.7 Å². The number of hydrogen-bond acceptors (Lipinski definition) is 5. The molecule has 0 saturated heterocycles. The van der Waals surface area contributed by atoms with Gasteiger partial charge in [-0.3, -0.25) is 0 Å². The minimum atomic E-state index is 0.0102. The van der Waals surface area contributed by atoms with Crippen LogP contribution in [-0.4, -0.2) is 20.6 Å². The average molecular weight is 479 g/mol. The van der Waals surface area contributed by atoms with Crippen LogP contribution in [0.1, 0.15) is 40.9 Å². The Morgan fingerprint density at radius 1 is 1.03 bits per heavy atom. The molecule has 0 radical (unpaired) electrons. The van der Waals surface area contributed by atoms with Crippen molar-refractivity contribution in [2.45, 2.75) is 39.7 Å². The van der Waals surface area contributed by atoms with Crippen molar-refractivity contribution >= 4 is 21.4 Å². The fourth-order valence-corrected chi connectivity index (χ4v) is 5.37. The number of aromatic amines is 1. The Kier molecular flexibility index (Phi) is 6.60. The molecule has 5 aromatic rings. The molecule has 0 amide bonds. The molecular weight excluding hydrogens is 452 g/mol. The van der Waals surface area contributed by atoms with Crippen molar-refractivity contribution in [3.63, 3.8) is 0 Å². The zero-order valence-corrected chi connectivity index (χ0v) is 20.8. The minimum Gasteiger partial charge on any atom is -0.489 e. The van der Waals surface area contributed by atoms with Crippen molar-refractivity contribution in [2.24, 2.45) is 0 Å². The van der Waals surface area contributed by atoms with Crippen molar-refractivity contribution < 1.29 is 4.74 Å². The van der Waals surface area contributed by atoms with E-state index >= 15 is 0 Å². The summed E-state index contributed by atoms with van der Waals surface area (Å²) in [7, 11) is 0. The van der Waals surface area contributed by atoms with Gasteiger partial charge in [-0.25, -0.2) is 0 Å². The quantitative estimate of drug-likeness (QED) is 0.267. The topological polar surface area (TPSA) is 63.7 Å². The van der Waals surface area contributed by atoms with Crippen molar-refractivity contribution in [1.29, 1.82) is 0 Å². The molecule has 5 rings (SSSR count). The first-order chi connectivity index (χ1) is 17.1. The molecule has 0 aliphatic rings. The summed E-state index contributed by atoms with van der Waals surface area (Å²) >= 11 is 1.79. The Bertz CT molecular complexity index is 1490. The maximum atomic E-state index is 6.14. The molecule has 0 aliphatic carbocycles. The molecular formula is C29H26N4OS. The SMILES string of the molecule is CC#C[C@@H](Cc1nn[nH]n1)c1ccc(OCc2ccc3scc(-c4c(C)cccc4C)c3c2)cc1. The van der Waals surface area contributed by atoms with Gasteiger partial charge in [-0.05, 0) is 78.2 Å². The second-order valence-electron chi connectivity index (χ2n) is 8.58. The normalized spacial score (nSPS) is 11.7. The first-order valence-electron chi connectivity index (χ1n) is 11.6. The van der Waals surface area contributed by atoms with E-state index in [4.69, 9.17) is 4.74 Å². The van der Waals surface area contributed by atoms with Crippen molar-refractivity contribution in [2.75, 3.05) is 0 Å². The zero-order chi connectivity index (χ0) is 24.2. The maximum Gasteiger partial charge on any atom is 0.176 e. The lowest BCUT2D eigenvalue weighted by molar-refractivity contribution is 0.306. The summed E-state index contributed by atoms with van der Waals surface area (Å²) in [6.45, 7) is 6.72. The van der Waals surface area contributed by atoms with Crippen LogP contribution >= 0.6 is 11.3 Å². The third-order valence-electron chi connectivity index (χ3n) is 6.17. The number of hydrogen-bond donors (Lipinski definition) is 1. The predicted molar refractivity (Wildman–Crippen MR) is 142 cm³/mol. The molecule has 0 unspecified atom stereocenters. The number of benzene rings is 3. The van der Waals surface area contributed by atoms with E-state index in [0.717, 1.165) is 16.9 Å². The molecule has 0 bridgehead atoms. The van der Waals surface area contributed by atoms with Gasteiger partial charge in [0.1, 0.15) is 12.4 Å². The second kappa shape index (κ2) is 10.1. The van der Waals surface area contributed by atoms with Gasteiger partial charge in [0, 0.05) is 22.1 Å². The molecule has 6 heteroatoms. The number of aryl methyl sites for hydroxylation is 2. The lowest BCUT2D eigenvalue weighted by Crippen LogP contribution is -2.03. The zero-order valence-electron chi connectivity index (χ0n) is 20.0. The van der Waals surface area contributed by atoms with Gasteiger partial charge in [-0.15, -0.1) is 27.5 Å². The van der Waals surface area contributed by atoms with Gasteiger partial charge in [-0.1, -0.05) is 47.5 Å². The van der Waals surface area contributed by atoms with E-state index in [1.807, 2.05) is 19.1 Å². The van der Waals surface area contributed by atoms with Gasteiger partial charge in [0.15, 0.2) is 5.82 Å². The van der Waals surface area contributed by atoms with E-state index in [1.54, 1.807) is 11.3 Å². The monoisotopic (exact) mass is 478 g/mol. The van der Waals surface area contributed by atoms with Crippen LogP contribution in [0.15, 0.2) is 66.0 Å². The highest BCUT2D eigenvalue weighted by atomic mass is 32.1. The summed E-state index contributed by atoms with van der Waals surface area (Å²) in [6, 6.07) is 21.2. The van der Waals surface area contributed by atoms with Crippen LogP contribution < -0.4 is 4.74 Å². The van der Waals surface area contributed by atoms with Gasteiger partial charge >= 0.3 is 0 Å². The summed E-state index contributed by atoms with van der Waals surface area (Å²) in [5, 5.41) is 17.8. The summed E-state index contributed by atoms with van der Waals surface area (Å²) in [5.41, 5.74) is 7.50. The molecule has 1 atom stereocenters. The number of nitrogens with one attached hydrogen (secondary N) is 1. The number of nitrogens with zero attached hydrogens (tertiary/aromatic N) is 3. The van der Waals surface area contributed by atoms with E-state index in [-0.39, 0.29) is 5.92 Å². The fraction of sp³-hybridized carbons (Fsp3) is 0.207. The number of aromatic nitrogens is 4. The summed E-state index contributed by atoms with van der Waals surface area (Å²) in [6.07, 6.45) is 0.612. The lowest BCUT2D eigenvalue weighted by atomic mass is 9.95. The van der Waals surface area contributed by atoms with Gasteiger partial charge in [0.2, 0.25) is 0 Å². The third kappa shape index (κ3) is 4.96. The average Bonchev–Trinajstić information content (AvgIpc) is 3.53. The van der Waals surface area contributed by atoms with Crippen LogP contribution in [0.2, 0.25) is 0 Å². The highest BCUT2D eigenvalue weighted by Crippen LogP contribution is 2.38. The number of rotatable bonds is 7. The first-order valence-corrected chi connectivity index (χ1v) is 12.4. The first kappa shape index (κ1) is 22.8. The number of tetrazole rings is 1. The van der Waals surface area contributed by atoms with Gasteiger partial charge in [-0.2, -0.15) is 5.21 Å². The molecule has 0 aliphatic heterocycles. The molecule has 3 aromatic carbocycles. The number of fused-ring (bicyclic) bond motifs is 1. The molecule has 174 valence electrons. The summed E-state index contributed by atoms with van der Waals surface area (Å²) in [4.78, 5) is 0. The van der Waals surface area contributed by atoms with Crippen molar-refractivity contribution in [3.8, 4) is 28.7 Å². The fourth-order valence-electron chi connectivity index (χ4n) is 4.44. The van der Waals surface area contributed by atoms with E-state index in [2.05, 4.69) is 100 Å². The third-order valence-corrected chi connectivity index (χ3v) is 7.13. The summed E-state index contributed by atoms with van der Waals surface area (Å²) in [5.74, 6) is 7.75. The minimum absolute atomic E-state index is 0.0102. The largest absolute Gasteiger partial charge is 0.489 e. The lowest BCUT2D eigenvalue weighted by Gasteiger charge is -2.12. The molecule has 2 aromatic heterocycles. The molecule has 0 fully saturated rings. The molecule has 0 saturated carbocycles. The van der Waals surface area contributed by atoms with Gasteiger partial charge < -0.3 is 4.74 Å². The predicted octanol–water partition coefficient (Wildman–Crippen LogP) is 6.63. The molecule has 5 nitrogen and oxygen atoms in total. The maximum absolute atomic E-state index is 6.14. The van der Waals surface area contributed by atoms with Crippen molar-refractivity contribution in [3.05, 3.63) is 94.1 Å². The standard InChI is InChI=1S/C29H26N4OS/c1-4-6-23(16-28-30-32-33-31-28)22-10-12-24(13-11-22)34-17-21-9-14-27-25(15-21)26(18-35-27)29-19(2)7-5-8-20(29)3/h5,7-15,18,23H,16-17H2,1-3H3,(H,30,31,32,33)/t23-/m0/s1. The van der Waals surface area contributed by atoms with E-state index < -0.39 is 0 Å². The Morgan fingerprint density at radius 2 is 1.83 bits per heavy atom. The smallest absolute Gasteiger partial charge is 0.176 e. The van der Waals surface area contributed by atoms with Crippen LogP contribution in [-0.2, 0) is 13.0 Å². The van der Waals surface area contributed by atoms with E-state index in [0.29, 0.717) is 18.9 Å². The Morgan fingerprint density at radius 3 is 2.54 bits per heavy atom. The molecule has 0 spiro atoms. The highest BCUT2D eigenvalue weighted by Gasteiger charge is 2.14. The summed E-state index contributed by atoms with van der Waals surface area (Å²) < 4.78 is 7.43. The molecule has 1 N–H and O–H groups in total. The van der Waals surface area contributed by atoms with Crippen LogP contribution in [0.4, 0.5) is 0 Å². The highest BCUT2D eigenvalue weighted by molar-refractivity contribution is 7.17. The second-order valence-corrected chi connectivity index (χ2v) is 9.49. The Balaban J connectivity index is 1.32. The Labute approximate surface area is 209 Å². The van der Waals surface area contributed by atoms with E-state index in [9.17, 15) is 0 Å². The van der Waals surface area contributed by atoms with Gasteiger partial charge in [0.05, 0.1) is 5.92 Å². The van der Waals surface area contributed by atoms with Crippen molar-refractivity contribution in [1.82, 2.24) is 20.6 Å². The number of thiophene rings is 1. The number of H-pyrrole nitrogens is 1. The van der Waals surface area contributed by atoms with Crippen LogP contribution in [0.5, 0.6) is 5.75 Å². The number of ether oxygens (including phenoxy) is 1. The Hall–Kier alpha value is -3.95. The van der Waals surface area contributed by atoms with Crippen LogP contribution in [0.3, 0.4) is 0 Å².